The molecule has 0 atom stereocenters. The van der Waals surface area contributed by atoms with E-state index in [1.54, 1.807) is 25.1 Å². The lowest BCUT2D eigenvalue weighted by molar-refractivity contribution is -0.123. The number of hydrogen-bond acceptors (Lipinski definition) is 2. The van der Waals surface area contributed by atoms with E-state index in [9.17, 15) is 9.59 Å². The van der Waals surface area contributed by atoms with Gasteiger partial charge in [0.25, 0.3) is 0 Å². The van der Waals surface area contributed by atoms with Crippen molar-refractivity contribution in [2.45, 2.75) is 6.92 Å². The summed E-state index contributed by atoms with van der Waals surface area (Å²) < 4.78 is 0. The van der Waals surface area contributed by atoms with Crippen molar-refractivity contribution >= 4 is 41.1 Å². The second-order valence-electron chi connectivity index (χ2n) is 3.64. The third-order valence-corrected chi connectivity index (χ3v) is 2.86. The van der Waals surface area contributed by atoms with Crippen molar-refractivity contribution in [2.24, 2.45) is 0 Å². The predicted molar refractivity (Wildman–Crippen MR) is 77.2 cm³/mol. The Hall–Kier alpha value is -1.52. The summed E-state index contributed by atoms with van der Waals surface area (Å²) in [6.45, 7) is 2.27. The van der Waals surface area contributed by atoms with Crippen LogP contribution in [0.2, 0.25) is 10.0 Å². The van der Waals surface area contributed by atoms with Gasteiger partial charge in [-0.15, -0.1) is 0 Å². The van der Waals surface area contributed by atoms with Crippen molar-refractivity contribution in [2.75, 3.05) is 13.1 Å². The Balaban J connectivity index is 2.57. The first-order chi connectivity index (χ1) is 9.04. The fourth-order valence-corrected chi connectivity index (χ4v) is 1.84. The Morgan fingerprint density at radius 1 is 1.21 bits per heavy atom. The van der Waals surface area contributed by atoms with E-state index >= 15 is 0 Å². The highest BCUT2D eigenvalue weighted by atomic mass is 35.5. The van der Waals surface area contributed by atoms with Crippen LogP contribution in [-0.2, 0) is 9.59 Å². The number of carbonyl (C=O) groups is 2. The van der Waals surface area contributed by atoms with Crippen molar-refractivity contribution in [3.8, 4) is 0 Å². The molecule has 1 aromatic rings. The molecule has 0 saturated heterocycles. The second kappa shape index (κ2) is 7.81. The smallest absolute Gasteiger partial charge is 0.244 e. The molecule has 1 rings (SSSR count). The van der Waals surface area contributed by atoms with Crippen LogP contribution in [0.15, 0.2) is 24.3 Å². The zero-order chi connectivity index (χ0) is 14.3. The van der Waals surface area contributed by atoms with Crippen molar-refractivity contribution < 1.29 is 9.59 Å². The number of likely N-dealkylation sites (N-methyl/N-ethyl adjacent to an activating group) is 1. The maximum atomic E-state index is 11.5. The van der Waals surface area contributed by atoms with Gasteiger partial charge in [-0.05, 0) is 25.1 Å². The zero-order valence-electron chi connectivity index (χ0n) is 10.4. The minimum atomic E-state index is -0.387. The number of benzene rings is 1. The summed E-state index contributed by atoms with van der Waals surface area (Å²) in [5, 5.41) is 5.94. The Bertz CT molecular complexity index is 481. The predicted octanol–water partition coefficient (Wildman–Crippen LogP) is 2.26. The van der Waals surface area contributed by atoms with Crippen LogP contribution in [0.1, 0.15) is 12.5 Å². The van der Waals surface area contributed by atoms with Crippen molar-refractivity contribution in [3.63, 3.8) is 0 Å². The Morgan fingerprint density at radius 2 is 1.84 bits per heavy atom. The van der Waals surface area contributed by atoms with Crippen LogP contribution < -0.4 is 10.6 Å². The highest BCUT2D eigenvalue weighted by Gasteiger charge is 2.04. The SMILES string of the molecule is CCNC(=O)CNC(=O)/C=C/c1c(Cl)cccc1Cl. The minimum absolute atomic E-state index is 0.0622. The highest BCUT2D eigenvalue weighted by molar-refractivity contribution is 6.37. The van der Waals surface area contributed by atoms with Crippen LogP contribution in [-0.4, -0.2) is 24.9 Å². The fourth-order valence-electron chi connectivity index (χ4n) is 1.31. The van der Waals surface area contributed by atoms with Crippen LogP contribution in [0.3, 0.4) is 0 Å². The average molecular weight is 301 g/mol. The molecule has 19 heavy (non-hydrogen) atoms. The third-order valence-electron chi connectivity index (χ3n) is 2.20. The van der Waals surface area contributed by atoms with Gasteiger partial charge in [0.15, 0.2) is 0 Å². The first-order valence-electron chi connectivity index (χ1n) is 5.71. The van der Waals surface area contributed by atoms with Gasteiger partial charge >= 0.3 is 0 Å². The summed E-state index contributed by atoms with van der Waals surface area (Å²) in [6.07, 6.45) is 2.80. The van der Waals surface area contributed by atoms with Crippen LogP contribution >= 0.6 is 23.2 Å². The van der Waals surface area contributed by atoms with Crippen LogP contribution in [0.25, 0.3) is 6.08 Å². The van der Waals surface area contributed by atoms with Gasteiger partial charge in [0.1, 0.15) is 0 Å². The molecular weight excluding hydrogens is 287 g/mol. The summed E-state index contributed by atoms with van der Waals surface area (Å²) in [6, 6.07) is 5.08. The molecule has 0 radical (unpaired) electrons. The van der Waals surface area contributed by atoms with Gasteiger partial charge in [0, 0.05) is 28.2 Å². The summed E-state index contributed by atoms with van der Waals surface area (Å²) in [5.41, 5.74) is 0.569. The van der Waals surface area contributed by atoms with E-state index in [1.165, 1.54) is 12.2 Å². The summed E-state index contributed by atoms with van der Waals surface area (Å²) in [7, 11) is 0. The van der Waals surface area contributed by atoms with E-state index in [0.29, 0.717) is 22.2 Å². The molecule has 2 N–H and O–H groups in total. The zero-order valence-corrected chi connectivity index (χ0v) is 11.9. The summed E-state index contributed by atoms with van der Waals surface area (Å²) >= 11 is 11.9. The standard InChI is InChI=1S/C13H14Cl2N2O2/c1-2-16-13(19)8-17-12(18)7-6-9-10(14)4-3-5-11(9)15/h3-7H,2,8H2,1H3,(H,16,19)(H,17,18)/b7-6+. The van der Waals surface area contributed by atoms with E-state index in [2.05, 4.69) is 10.6 Å². The molecule has 6 heteroatoms. The molecule has 4 nitrogen and oxygen atoms in total. The average Bonchev–Trinajstić information content (AvgIpc) is 2.36. The molecule has 0 aliphatic heterocycles. The Morgan fingerprint density at radius 3 is 2.42 bits per heavy atom. The summed E-state index contributed by atoms with van der Waals surface area (Å²) in [5.74, 6) is -0.623. The van der Waals surface area contributed by atoms with Crippen LogP contribution in [0, 0.1) is 0 Å². The molecule has 0 fully saturated rings. The Kier molecular flexibility index (Phi) is 6.39. The molecule has 1 aromatic carbocycles. The van der Waals surface area contributed by atoms with Crippen molar-refractivity contribution in [1.82, 2.24) is 10.6 Å². The molecule has 0 aliphatic rings. The molecule has 0 heterocycles. The van der Waals surface area contributed by atoms with Gasteiger partial charge in [-0.25, -0.2) is 0 Å². The van der Waals surface area contributed by atoms with Crippen molar-refractivity contribution in [1.29, 1.82) is 0 Å². The van der Waals surface area contributed by atoms with Gasteiger partial charge in [-0.1, -0.05) is 29.3 Å². The minimum Gasteiger partial charge on any atom is -0.355 e. The van der Waals surface area contributed by atoms with Gasteiger partial charge in [-0.2, -0.15) is 0 Å². The van der Waals surface area contributed by atoms with E-state index in [1.807, 2.05) is 0 Å². The van der Waals surface area contributed by atoms with E-state index < -0.39 is 0 Å². The largest absolute Gasteiger partial charge is 0.355 e. The molecule has 0 aliphatic carbocycles. The summed E-state index contributed by atoms with van der Waals surface area (Å²) in [4.78, 5) is 22.6. The molecule has 0 bridgehead atoms. The monoisotopic (exact) mass is 300 g/mol. The first kappa shape index (κ1) is 15.5. The number of halogens is 2. The lowest BCUT2D eigenvalue weighted by Gasteiger charge is -2.03. The molecule has 0 aromatic heterocycles. The molecule has 0 unspecified atom stereocenters. The Labute approximate surface area is 121 Å². The van der Waals surface area contributed by atoms with Crippen LogP contribution in [0.5, 0.6) is 0 Å². The van der Waals surface area contributed by atoms with Gasteiger partial charge < -0.3 is 10.6 Å². The van der Waals surface area contributed by atoms with E-state index in [-0.39, 0.29) is 18.4 Å². The molecule has 0 spiro atoms. The molecule has 0 saturated carbocycles. The molecule has 2 amide bonds. The lowest BCUT2D eigenvalue weighted by atomic mass is 10.2. The highest BCUT2D eigenvalue weighted by Crippen LogP contribution is 2.25. The third kappa shape index (κ3) is 5.32. The second-order valence-corrected chi connectivity index (χ2v) is 4.45. The maximum Gasteiger partial charge on any atom is 0.244 e. The number of hydrogen-bond donors (Lipinski definition) is 2. The number of rotatable bonds is 5. The molecular formula is C13H14Cl2N2O2. The lowest BCUT2D eigenvalue weighted by Crippen LogP contribution is -2.35. The number of amides is 2. The van der Waals surface area contributed by atoms with E-state index in [0.717, 1.165) is 0 Å². The topological polar surface area (TPSA) is 58.2 Å². The van der Waals surface area contributed by atoms with Crippen molar-refractivity contribution in [3.05, 3.63) is 39.9 Å². The van der Waals surface area contributed by atoms with Gasteiger partial charge in [0.2, 0.25) is 11.8 Å². The fraction of sp³-hybridized carbons (Fsp3) is 0.231. The number of nitrogens with one attached hydrogen (secondary N) is 2. The van der Waals surface area contributed by atoms with Gasteiger partial charge in [-0.3, -0.25) is 9.59 Å². The van der Waals surface area contributed by atoms with Crippen LogP contribution in [0.4, 0.5) is 0 Å². The first-order valence-corrected chi connectivity index (χ1v) is 6.46. The molecule has 102 valence electrons. The number of carbonyl (C=O) groups excluding carboxylic acids is 2. The normalized spacial score (nSPS) is 10.5. The van der Waals surface area contributed by atoms with Gasteiger partial charge in [0.05, 0.1) is 6.54 Å². The maximum absolute atomic E-state index is 11.5. The van der Waals surface area contributed by atoms with E-state index in [4.69, 9.17) is 23.2 Å². The quantitative estimate of drug-likeness (QED) is 0.820.